The van der Waals surface area contributed by atoms with Crippen molar-refractivity contribution in [3.63, 3.8) is 0 Å². The molecule has 0 saturated heterocycles. The lowest BCUT2D eigenvalue weighted by Gasteiger charge is -2.16. The maximum atomic E-state index is 11.6. The molecule has 1 amide bonds. The molecule has 0 heterocycles. The first kappa shape index (κ1) is 15.9. The Morgan fingerprint density at radius 2 is 2.12 bits per heavy atom. The van der Waals surface area contributed by atoms with Crippen LogP contribution in [0.2, 0.25) is 0 Å². The Morgan fingerprint density at radius 3 is 2.65 bits per heavy atom. The Balaban J connectivity index is 3.84. The molecule has 2 atom stereocenters. The molecular weight excluding hydrogens is 220 g/mol. The van der Waals surface area contributed by atoms with Crippen molar-refractivity contribution in [2.75, 3.05) is 19.8 Å². The predicted octanol–water partition coefficient (Wildman–Crippen LogP) is 1.24. The summed E-state index contributed by atoms with van der Waals surface area (Å²) in [6.45, 7) is 7.04. The van der Waals surface area contributed by atoms with E-state index in [4.69, 9.17) is 14.7 Å². The van der Waals surface area contributed by atoms with Gasteiger partial charge < -0.3 is 14.8 Å². The van der Waals surface area contributed by atoms with Gasteiger partial charge in [-0.05, 0) is 20.3 Å². The van der Waals surface area contributed by atoms with Crippen LogP contribution in [-0.2, 0) is 14.3 Å². The molecule has 98 valence electrons. The van der Waals surface area contributed by atoms with Gasteiger partial charge in [0.1, 0.15) is 12.1 Å². The summed E-state index contributed by atoms with van der Waals surface area (Å²) in [6.07, 6.45) is 0.967. The quantitative estimate of drug-likeness (QED) is 0.617. The molecule has 0 rings (SSSR count). The summed E-state index contributed by atoms with van der Waals surface area (Å²) in [5.41, 5.74) is 0. The van der Waals surface area contributed by atoms with Crippen molar-refractivity contribution in [3.05, 3.63) is 0 Å². The van der Waals surface area contributed by atoms with Gasteiger partial charge in [0, 0.05) is 6.61 Å². The fourth-order valence-corrected chi connectivity index (χ4v) is 1.25. The third kappa shape index (κ3) is 7.72. The average molecular weight is 242 g/mol. The first-order chi connectivity index (χ1) is 8.15. The van der Waals surface area contributed by atoms with E-state index in [1.165, 1.54) is 0 Å². The van der Waals surface area contributed by atoms with Crippen LogP contribution in [0.4, 0.5) is 0 Å². The van der Waals surface area contributed by atoms with Crippen LogP contribution < -0.4 is 5.32 Å². The van der Waals surface area contributed by atoms with E-state index in [9.17, 15) is 4.79 Å². The van der Waals surface area contributed by atoms with E-state index in [2.05, 4.69) is 11.4 Å². The highest BCUT2D eigenvalue weighted by Gasteiger charge is 2.17. The third-order valence-electron chi connectivity index (χ3n) is 2.22. The molecule has 5 heteroatoms. The van der Waals surface area contributed by atoms with E-state index in [1.54, 1.807) is 6.92 Å². The SMILES string of the molecule is CCC[C@H](C#N)NC(=O)[C@H](C)OCCOCC. The number of nitrogens with zero attached hydrogens (tertiary/aromatic N) is 1. The highest BCUT2D eigenvalue weighted by molar-refractivity contribution is 5.80. The van der Waals surface area contributed by atoms with Gasteiger partial charge in [0.25, 0.3) is 0 Å². The lowest BCUT2D eigenvalue weighted by molar-refractivity contribution is -0.133. The van der Waals surface area contributed by atoms with Crippen molar-refractivity contribution in [2.45, 2.75) is 45.8 Å². The maximum absolute atomic E-state index is 11.6. The van der Waals surface area contributed by atoms with E-state index in [0.29, 0.717) is 26.2 Å². The molecule has 0 spiro atoms. The molecule has 0 aliphatic heterocycles. The second-order valence-corrected chi connectivity index (χ2v) is 3.69. The number of amides is 1. The predicted molar refractivity (Wildman–Crippen MR) is 64.4 cm³/mol. The van der Waals surface area contributed by atoms with Crippen molar-refractivity contribution >= 4 is 5.91 Å². The molecule has 0 aromatic heterocycles. The van der Waals surface area contributed by atoms with Gasteiger partial charge in [-0.2, -0.15) is 5.26 Å². The van der Waals surface area contributed by atoms with Crippen LogP contribution in [0.1, 0.15) is 33.6 Å². The van der Waals surface area contributed by atoms with Crippen molar-refractivity contribution in [1.29, 1.82) is 5.26 Å². The number of ether oxygens (including phenoxy) is 2. The van der Waals surface area contributed by atoms with Gasteiger partial charge in [-0.3, -0.25) is 4.79 Å². The summed E-state index contributed by atoms with van der Waals surface area (Å²) in [7, 11) is 0. The zero-order chi connectivity index (χ0) is 13.1. The van der Waals surface area contributed by atoms with Gasteiger partial charge in [0.2, 0.25) is 5.91 Å². The minimum absolute atomic E-state index is 0.249. The molecule has 0 aliphatic rings. The van der Waals surface area contributed by atoms with Crippen LogP contribution in [0.25, 0.3) is 0 Å². The van der Waals surface area contributed by atoms with E-state index >= 15 is 0 Å². The van der Waals surface area contributed by atoms with Crippen molar-refractivity contribution in [3.8, 4) is 6.07 Å². The van der Waals surface area contributed by atoms with Crippen molar-refractivity contribution in [1.82, 2.24) is 5.32 Å². The van der Waals surface area contributed by atoms with Gasteiger partial charge >= 0.3 is 0 Å². The molecule has 0 radical (unpaired) electrons. The highest BCUT2D eigenvalue weighted by Crippen LogP contribution is 1.98. The average Bonchev–Trinajstić information content (AvgIpc) is 2.33. The first-order valence-corrected chi connectivity index (χ1v) is 6.05. The summed E-state index contributed by atoms with van der Waals surface area (Å²) < 4.78 is 10.4. The standard InChI is InChI=1S/C12H22N2O3/c1-4-6-11(9-13)14-12(15)10(3)17-8-7-16-5-2/h10-11H,4-8H2,1-3H3,(H,14,15)/t10-,11+/m0/s1. The summed E-state index contributed by atoms with van der Waals surface area (Å²) in [4.78, 5) is 11.6. The van der Waals surface area contributed by atoms with E-state index < -0.39 is 12.1 Å². The summed E-state index contributed by atoms with van der Waals surface area (Å²) in [5.74, 6) is -0.249. The van der Waals surface area contributed by atoms with E-state index in [1.807, 2.05) is 13.8 Å². The number of nitriles is 1. The molecule has 5 nitrogen and oxygen atoms in total. The number of carbonyl (C=O) groups excluding carboxylic acids is 1. The lowest BCUT2D eigenvalue weighted by Crippen LogP contribution is -2.41. The maximum Gasteiger partial charge on any atom is 0.249 e. The van der Waals surface area contributed by atoms with Crippen LogP contribution in [0.3, 0.4) is 0 Å². The number of rotatable bonds is 9. The Morgan fingerprint density at radius 1 is 1.41 bits per heavy atom. The summed E-state index contributed by atoms with van der Waals surface area (Å²) in [5, 5.41) is 11.5. The zero-order valence-corrected chi connectivity index (χ0v) is 10.9. The number of carbonyl (C=O) groups is 1. The van der Waals surface area contributed by atoms with Crippen molar-refractivity contribution < 1.29 is 14.3 Å². The van der Waals surface area contributed by atoms with Gasteiger partial charge in [-0.25, -0.2) is 0 Å². The molecule has 0 aromatic carbocycles. The third-order valence-corrected chi connectivity index (χ3v) is 2.22. The second kappa shape index (κ2) is 10.1. The first-order valence-electron chi connectivity index (χ1n) is 6.05. The Bertz CT molecular complexity index is 251. The molecule has 17 heavy (non-hydrogen) atoms. The normalized spacial score (nSPS) is 13.8. The minimum Gasteiger partial charge on any atom is -0.379 e. The fourth-order valence-electron chi connectivity index (χ4n) is 1.25. The smallest absolute Gasteiger partial charge is 0.249 e. The molecule has 0 aliphatic carbocycles. The molecule has 0 unspecified atom stereocenters. The number of hydrogen-bond donors (Lipinski definition) is 1. The molecule has 0 fully saturated rings. The zero-order valence-electron chi connectivity index (χ0n) is 10.9. The van der Waals surface area contributed by atoms with Gasteiger partial charge in [0.05, 0.1) is 19.3 Å². The van der Waals surface area contributed by atoms with Crippen LogP contribution in [0.15, 0.2) is 0 Å². The van der Waals surface area contributed by atoms with Crippen LogP contribution in [0.5, 0.6) is 0 Å². The van der Waals surface area contributed by atoms with Crippen LogP contribution >= 0.6 is 0 Å². The Labute approximate surface area is 103 Å². The lowest BCUT2D eigenvalue weighted by atomic mass is 10.2. The summed E-state index contributed by atoms with van der Waals surface area (Å²) >= 11 is 0. The number of nitrogens with one attached hydrogen (secondary N) is 1. The topological polar surface area (TPSA) is 71.4 Å². The second-order valence-electron chi connectivity index (χ2n) is 3.69. The molecule has 1 N–H and O–H groups in total. The van der Waals surface area contributed by atoms with E-state index in [0.717, 1.165) is 6.42 Å². The molecule has 0 saturated carbocycles. The van der Waals surface area contributed by atoms with Crippen molar-refractivity contribution in [2.24, 2.45) is 0 Å². The molecule has 0 bridgehead atoms. The Kier molecular flexibility index (Phi) is 9.40. The number of hydrogen-bond acceptors (Lipinski definition) is 4. The largest absolute Gasteiger partial charge is 0.379 e. The monoisotopic (exact) mass is 242 g/mol. The fraction of sp³-hybridized carbons (Fsp3) is 0.833. The minimum atomic E-state index is -0.553. The van der Waals surface area contributed by atoms with Crippen LogP contribution in [0, 0.1) is 11.3 Å². The summed E-state index contributed by atoms with van der Waals surface area (Å²) in [6, 6.07) is 1.63. The van der Waals surface area contributed by atoms with Crippen LogP contribution in [-0.4, -0.2) is 37.9 Å². The van der Waals surface area contributed by atoms with Gasteiger partial charge in [-0.15, -0.1) is 0 Å². The Hall–Kier alpha value is -1.12. The van der Waals surface area contributed by atoms with E-state index in [-0.39, 0.29) is 5.91 Å². The molecular formula is C12H22N2O3. The van der Waals surface area contributed by atoms with Gasteiger partial charge in [0.15, 0.2) is 0 Å². The molecule has 0 aromatic rings. The van der Waals surface area contributed by atoms with Gasteiger partial charge in [-0.1, -0.05) is 13.3 Å². The highest BCUT2D eigenvalue weighted by atomic mass is 16.5.